The molecule has 0 aliphatic carbocycles. The van der Waals surface area contributed by atoms with Gasteiger partial charge in [-0.1, -0.05) is 81.9 Å². The molecule has 0 aromatic heterocycles. The van der Waals surface area contributed by atoms with Crippen LogP contribution in [-0.2, 0) is 4.74 Å². The minimum atomic E-state index is -0.705. The van der Waals surface area contributed by atoms with Crippen molar-refractivity contribution in [3.8, 4) is 0 Å². The van der Waals surface area contributed by atoms with Gasteiger partial charge in [0.15, 0.2) is 6.29 Å². The molecular formula is C19H30O2. The van der Waals surface area contributed by atoms with Crippen molar-refractivity contribution < 1.29 is 9.84 Å². The summed E-state index contributed by atoms with van der Waals surface area (Å²) in [4.78, 5) is 0. The number of unbranched alkanes of at least 4 members (excludes halogenated alkanes) is 6. The number of hydrogen-bond donors (Lipinski definition) is 1. The lowest BCUT2D eigenvalue weighted by atomic mass is 10.1. The van der Waals surface area contributed by atoms with Crippen molar-refractivity contribution in [3.05, 3.63) is 48.6 Å². The summed E-state index contributed by atoms with van der Waals surface area (Å²) in [7, 11) is 0. The Labute approximate surface area is 129 Å². The molecule has 0 amide bonds. The predicted octanol–water partition coefficient (Wildman–Crippen LogP) is 5.39. The first-order chi connectivity index (χ1) is 10.3. The van der Waals surface area contributed by atoms with Gasteiger partial charge in [-0.2, -0.15) is 0 Å². The number of benzene rings is 1. The van der Waals surface area contributed by atoms with Crippen molar-refractivity contribution >= 4 is 0 Å². The second-order valence-electron chi connectivity index (χ2n) is 5.57. The second kappa shape index (κ2) is 11.5. The fraction of sp³-hybridized carbons (Fsp3) is 0.579. The zero-order valence-corrected chi connectivity index (χ0v) is 13.3. The average molecular weight is 290 g/mol. The number of ether oxygens (including phenoxy) is 1. The lowest BCUT2D eigenvalue weighted by Crippen LogP contribution is -2.15. The summed E-state index contributed by atoms with van der Waals surface area (Å²) in [6.07, 6.45) is 10.2. The van der Waals surface area contributed by atoms with Gasteiger partial charge >= 0.3 is 0 Å². The Balaban J connectivity index is 2.17. The van der Waals surface area contributed by atoms with E-state index in [0.717, 1.165) is 12.0 Å². The van der Waals surface area contributed by atoms with Crippen LogP contribution in [0.3, 0.4) is 0 Å². The van der Waals surface area contributed by atoms with Gasteiger partial charge in [0.25, 0.3) is 0 Å². The van der Waals surface area contributed by atoms with Crippen LogP contribution in [0.15, 0.2) is 43.0 Å². The number of hydrogen-bond acceptors (Lipinski definition) is 2. The summed E-state index contributed by atoms with van der Waals surface area (Å²) in [6, 6.07) is 9.90. The smallest absolute Gasteiger partial charge is 0.155 e. The van der Waals surface area contributed by atoms with Gasteiger partial charge in [-0.15, -0.1) is 6.58 Å². The second-order valence-corrected chi connectivity index (χ2v) is 5.57. The van der Waals surface area contributed by atoms with Gasteiger partial charge in [0.1, 0.15) is 6.10 Å². The molecular weight excluding hydrogens is 260 g/mol. The molecule has 0 fully saturated rings. The van der Waals surface area contributed by atoms with Crippen LogP contribution < -0.4 is 0 Å². The van der Waals surface area contributed by atoms with E-state index < -0.39 is 6.29 Å². The minimum Gasteiger partial charge on any atom is -0.368 e. The van der Waals surface area contributed by atoms with Crippen molar-refractivity contribution in [1.82, 2.24) is 0 Å². The Morgan fingerprint density at radius 1 is 1.05 bits per heavy atom. The monoisotopic (exact) mass is 290 g/mol. The maximum absolute atomic E-state index is 9.98. The molecule has 21 heavy (non-hydrogen) atoms. The van der Waals surface area contributed by atoms with E-state index in [1.807, 2.05) is 30.3 Å². The lowest BCUT2D eigenvalue weighted by Gasteiger charge is -2.19. The molecule has 118 valence electrons. The van der Waals surface area contributed by atoms with E-state index in [2.05, 4.69) is 13.5 Å². The Morgan fingerprint density at radius 2 is 1.67 bits per heavy atom. The minimum absolute atomic E-state index is 0.231. The largest absolute Gasteiger partial charge is 0.368 e. The van der Waals surface area contributed by atoms with Gasteiger partial charge in [-0.25, -0.2) is 0 Å². The molecule has 2 nitrogen and oxygen atoms in total. The summed E-state index contributed by atoms with van der Waals surface area (Å²) < 4.78 is 5.67. The molecule has 0 bridgehead atoms. The Kier molecular flexibility index (Phi) is 9.84. The van der Waals surface area contributed by atoms with E-state index in [9.17, 15) is 5.11 Å². The Morgan fingerprint density at radius 3 is 2.29 bits per heavy atom. The van der Waals surface area contributed by atoms with E-state index in [1.165, 1.54) is 38.5 Å². The van der Waals surface area contributed by atoms with Crippen molar-refractivity contribution in [2.24, 2.45) is 0 Å². The summed E-state index contributed by atoms with van der Waals surface area (Å²) >= 11 is 0. The molecule has 1 aromatic rings. The van der Waals surface area contributed by atoms with Gasteiger partial charge in [0.2, 0.25) is 0 Å². The molecule has 1 aromatic carbocycles. The van der Waals surface area contributed by atoms with Crippen molar-refractivity contribution in [2.45, 2.75) is 70.7 Å². The van der Waals surface area contributed by atoms with Crippen LogP contribution in [0.5, 0.6) is 0 Å². The van der Waals surface area contributed by atoms with Gasteiger partial charge in [-0.3, -0.25) is 0 Å². The van der Waals surface area contributed by atoms with E-state index in [1.54, 1.807) is 6.08 Å². The molecule has 2 heteroatoms. The predicted molar refractivity (Wildman–Crippen MR) is 89.1 cm³/mol. The maximum Gasteiger partial charge on any atom is 0.155 e. The zero-order chi connectivity index (χ0) is 15.3. The van der Waals surface area contributed by atoms with Gasteiger partial charge in [-0.05, 0) is 18.4 Å². The summed E-state index contributed by atoms with van der Waals surface area (Å²) in [5.41, 5.74) is 1.03. The molecule has 0 saturated heterocycles. The third-order valence-electron chi connectivity index (χ3n) is 3.70. The highest BCUT2D eigenvalue weighted by molar-refractivity contribution is 5.20. The molecule has 0 spiro atoms. The number of rotatable bonds is 12. The molecule has 1 rings (SSSR count). The molecule has 0 heterocycles. The molecule has 0 radical (unpaired) electrons. The number of aliphatic hydroxyl groups excluding tert-OH is 1. The third-order valence-corrected chi connectivity index (χ3v) is 3.70. The van der Waals surface area contributed by atoms with Gasteiger partial charge in [0.05, 0.1) is 0 Å². The van der Waals surface area contributed by atoms with E-state index in [0.29, 0.717) is 6.42 Å². The molecule has 0 aliphatic heterocycles. The van der Waals surface area contributed by atoms with Crippen LogP contribution in [0.2, 0.25) is 0 Å². The van der Waals surface area contributed by atoms with Gasteiger partial charge < -0.3 is 9.84 Å². The zero-order valence-electron chi connectivity index (χ0n) is 13.3. The molecule has 0 saturated carbocycles. The number of aliphatic hydroxyl groups is 1. The average Bonchev–Trinajstić information content (AvgIpc) is 2.52. The van der Waals surface area contributed by atoms with Crippen LogP contribution in [0, 0.1) is 0 Å². The Hall–Kier alpha value is -1.12. The first kappa shape index (κ1) is 17.9. The topological polar surface area (TPSA) is 29.5 Å². The van der Waals surface area contributed by atoms with E-state index in [4.69, 9.17) is 4.74 Å². The summed E-state index contributed by atoms with van der Waals surface area (Å²) in [5, 5.41) is 9.98. The van der Waals surface area contributed by atoms with Crippen LogP contribution in [-0.4, -0.2) is 11.4 Å². The first-order valence-corrected chi connectivity index (χ1v) is 8.29. The fourth-order valence-electron chi connectivity index (χ4n) is 2.43. The highest BCUT2D eigenvalue weighted by Crippen LogP contribution is 2.21. The SMILES string of the molecule is C=CC(OC(O)CCCCCCCCC)c1ccccc1. The van der Waals surface area contributed by atoms with Crippen LogP contribution in [0.1, 0.15) is 70.0 Å². The van der Waals surface area contributed by atoms with Crippen LogP contribution in [0.4, 0.5) is 0 Å². The highest BCUT2D eigenvalue weighted by Gasteiger charge is 2.12. The highest BCUT2D eigenvalue weighted by atomic mass is 16.6. The standard InChI is InChI=1S/C19H30O2/c1-3-5-6-7-8-9-13-16-19(20)21-18(4-2)17-14-11-10-12-15-17/h4,10-12,14-15,18-20H,2-3,5-9,13,16H2,1H3. The lowest BCUT2D eigenvalue weighted by molar-refractivity contribution is -0.128. The van der Waals surface area contributed by atoms with E-state index >= 15 is 0 Å². The van der Waals surface area contributed by atoms with Crippen molar-refractivity contribution in [2.75, 3.05) is 0 Å². The molecule has 2 atom stereocenters. The Bertz CT molecular complexity index is 361. The van der Waals surface area contributed by atoms with Crippen LogP contribution >= 0.6 is 0 Å². The fourth-order valence-corrected chi connectivity index (χ4v) is 2.43. The van der Waals surface area contributed by atoms with Gasteiger partial charge in [0, 0.05) is 0 Å². The van der Waals surface area contributed by atoms with Crippen molar-refractivity contribution in [1.29, 1.82) is 0 Å². The van der Waals surface area contributed by atoms with Crippen molar-refractivity contribution in [3.63, 3.8) is 0 Å². The quantitative estimate of drug-likeness (QED) is 0.318. The molecule has 0 aliphatic rings. The molecule has 2 unspecified atom stereocenters. The normalized spacial score (nSPS) is 13.8. The maximum atomic E-state index is 9.98. The summed E-state index contributed by atoms with van der Waals surface area (Å²) in [6.45, 7) is 6.03. The van der Waals surface area contributed by atoms with Crippen LogP contribution in [0.25, 0.3) is 0 Å². The van der Waals surface area contributed by atoms with E-state index in [-0.39, 0.29) is 6.10 Å². The molecule has 1 N–H and O–H groups in total. The summed E-state index contributed by atoms with van der Waals surface area (Å²) in [5.74, 6) is 0. The third kappa shape index (κ3) is 8.03. The first-order valence-electron chi connectivity index (χ1n) is 8.29.